The molecule has 1 aliphatic rings. The SMILES string of the molecule is N[C@H](c1ccccc1)c1ccc2c(c1)OCO2. The molecule has 2 aromatic rings. The standard InChI is InChI=1S/C14H13NO2/c15-14(10-4-2-1-3-5-10)11-6-7-12-13(8-11)17-9-16-12/h1-8,14H,9,15H2/t14-/m1/s1. The molecule has 0 bridgehead atoms. The van der Waals surface area contributed by atoms with Gasteiger partial charge in [-0.1, -0.05) is 36.4 Å². The predicted molar refractivity (Wildman–Crippen MR) is 65.0 cm³/mol. The first-order valence-electron chi connectivity index (χ1n) is 5.54. The first-order valence-corrected chi connectivity index (χ1v) is 5.54. The molecule has 0 radical (unpaired) electrons. The number of benzene rings is 2. The summed E-state index contributed by atoms with van der Waals surface area (Å²) in [5.41, 5.74) is 8.33. The van der Waals surface area contributed by atoms with Crippen LogP contribution < -0.4 is 15.2 Å². The summed E-state index contributed by atoms with van der Waals surface area (Å²) in [5.74, 6) is 1.56. The molecule has 1 heterocycles. The maximum Gasteiger partial charge on any atom is 0.231 e. The lowest BCUT2D eigenvalue weighted by Gasteiger charge is -2.12. The fourth-order valence-electron chi connectivity index (χ4n) is 1.96. The van der Waals surface area contributed by atoms with Crippen LogP contribution in [0.2, 0.25) is 0 Å². The predicted octanol–water partition coefficient (Wildman–Crippen LogP) is 2.46. The van der Waals surface area contributed by atoms with E-state index in [0.717, 1.165) is 22.6 Å². The molecule has 1 aliphatic heterocycles. The Morgan fingerprint density at radius 3 is 2.47 bits per heavy atom. The van der Waals surface area contributed by atoms with Crippen LogP contribution in [0.5, 0.6) is 11.5 Å². The molecule has 86 valence electrons. The Kier molecular flexibility index (Phi) is 2.46. The zero-order valence-corrected chi connectivity index (χ0v) is 9.30. The van der Waals surface area contributed by atoms with E-state index in [1.54, 1.807) is 0 Å². The van der Waals surface area contributed by atoms with Crippen molar-refractivity contribution in [2.45, 2.75) is 6.04 Å². The van der Waals surface area contributed by atoms with Crippen molar-refractivity contribution in [3.8, 4) is 11.5 Å². The summed E-state index contributed by atoms with van der Waals surface area (Å²) >= 11 is 0. The van der Waals surface area contributed by atoms with Gasteiger partial charge in [0.1, 0.15) is 0 Å². The van der Waals surface area contributed by atoms with Crippen LogP contribution in [-0.4, -0.2) is 6.79 Å². The quantitative estimate of drug-likeness (QED) is 0.857. The van der Waals surface area contributed by atoms with Crippen molar-refractivity contribution < 1.29 is 9.47 Å². The molecule has 0 amide bonds. The lowest BCUT2D eigenvalue weighted by Crippen LogP contribution is -2.11. The van der Waals surface area contributed by atoms with Gasteiger partial charge < -0.3 is 15.2 Å². The molecule has 0 fully saturated rings. The summed E-state index contributed by atoms with van der Waals surface area (Å²) in [6.07, 6.45) is 0. The molecule has 0 saturated heterocycles. The number of ether oxygens (including phenoxy) is 2. The molecule has 2 N–H and O–H groups in total. The van der Waals surface area contributed by atoms with Crippen molar-refractivity contribution in [2.75, 3.05) is 6.79 Å². The second-order valence-corrected chi connectivity index (χ2v) is 4.00. The van der Waals surface area contributed by atoms with Gasteiger partial charge in [0.15, 0.2) is 11.5 Å². The normalized spacial score (nSPS) is 14.6. The summed E-state index contributed by atoms with van der Waals surface area (Å²) in [6, 6.07) is 15.7. The van der Waals surface area contributed by atoms with Crippen molar-refractivity contribution in [2.24, 2.45) is 5.73 Å². The molecule has 3 rings (SSSR count). The summed E-state index contributed by atoms with van der Waals surface area (Å²) in [6.45, 7) is 0.291. The van der Waals surface area contributed by atoms with Crippen LogP contribution >= 0.6 is 0 Å². The van der Waals surface area contributed by atoms with Gasteiger partial charge in [0.25, 0.3) is 0 Å². The van der Waals surface area contributed by atoms with Gasteiger partial charge in [-0.3, -0.25) is 0 Å². The van der Waals surface area contributed by atoms with E-state index in [1.807, 2.05) is 48.5 Å². The van der Waals surface area contributed by atoms with E-state index in [9.17, 15) is 0 Å². The van der Waals surface area contributed by atoms with Crippen LogP contribution in [0.15, 0.2) is 48.5 Å². The number of nitrogens with two attached hydrogens (primary N) is 1. The molecule has 0 aromatic heterocycles. The minimum atomic E-state index is -0.134. The van der Waals surface area contributed by atoms with E-state index in [4.69, 9.17) is 15.2 Å². The van der Waals surface area contributed by atoms with Gasteiger partial charge in [-0.05, 0) is 23.3 Å². The molecular weight excluding hydrogens is 214 g/mol. The highest BCUT2D eigenvalue weighted by molar-refractivity contribution is 5.46. The summed E-state index contributed by atoms with van der Waals surface area (Å²) in [5, 5.41) is 0. The van der Waals surface area contributed by atoms with E-state index in [-0.39, 0.29) is 6.04 Å². The average Bonchev–Trinajstić information content (AvgIpc) is 2.86. The fourth-order valence-corrected chi connectivity index (χ4v) is 1.96. The van der Waals surface area contributed by atoms with Gasteiger partial charge in [-0.15, -0.1) is 0 Å². The smallest absolute Gasteiger partial charge is 0.231 e. The first kappa shape index (κ1) is 10.2. The first-order chi connectivity index (χ1) is 8.34. The Balaban J connectivity index is 1.94. The minimum Gasteiger partial charge on any atom is -0.454 e. The third-order valence-electron chi connectivity index (χ3n) is 2.91. The number of rotatable bonds is 2. The van der Waals surface area contributed by atoms with E-state index in [2.05, 4.69) is 0 Å². The Bertz CT molecular complexity index is 525. The molecular formula is C14H13NO2. The maximum atomic E-state index is 6.21. The highest BCUT2D eigenvalue weighted by Gasteiger charge is 2.16. The summed E-state index contributed by atoms with van der Waals surface area (Å²) in [4.78, 5) is 0. The van der Waals surface area contributed by atoms with Crippen LogP contribution in [0.3, 0.4) is 0 Å². The highest BCUT2D eigenvalue weighted by atomic mass is 16.7. The van der Waals surface area contributed by atoms with Crippen molar-refractivity contribution in [1.29, 1.82) is 0 Å². The average molecular weight is 227 g/mol. The molecule has 3 heteroatoms. The van der Waals surface area contributed by atoms with Crippen LogP contribution in [0.25, 0.3) is 0 Å². The second-order valence-electron chi connectivity index (χ2n) is 4.00. The number of fused-ring (bicyclic) bond motifs is 1. The number of hydrogen-bond acceptors (Lipinski definition) is 3. The van der Waals surface area contributed by atoms with E-state index in [1.165, 1.54) is 0 Å². The van der Waals surface area contributed by atoms with Crippen LogP contribution in [0, 0.1) is 0 Å². The Labute approximate surface area is 99.8 Å². The van der Waals surface area contributed by atoms with Gasteiger partial charge in [-0.2, -0.15) is 0 Å². The lowest BCUT2D eigenvalue weighted by atomic mass is 9.99. The maximum absolute atomic E-state index is 6.21. The van der Waals surface area contributed by atoms with Crippen LogP contribution in [0.1, 0.15) is 17.2 Å². The minimum absolute atomic E-state index is 0.134. The van der Waals surface area contributed by atoms with Gasteiger partial charge in [0.2, 0.25) is 6.79 Å². The summed E-state index contributed by atoms with van der Waals surface area (Å²) in [7, 11) is 0. The highest BCUT2D eigenvalue weighted by Crippen LogP contribution is 2.34. The molecule has 1 atom stereocenters. The molecule has 0 unspecified atom stereocenters. The molecule has 3 nitrogen and oxygen atoms in total. The van der Waals surface area contributed by atoms with E-state index in [0.29, 0.717) is 6.79 Å². The van der Waals surface area contributed by atoms with E-state index >= 15 is 0 Å². The van der Waals surface area contributed by atoms with Crippen LogP contribution in [0.4, 0.5) is 0 Å². The van der Waals surface area contributed by atoms with Gasteiger partial charge in [-0.25, -0.2) is 0 Å². The third kappa shape index (κ3) is 1.85. The molecule has 2 aromatic carbocycles. The Morgan fingerprint density at radius 1 is 0.882 bits per heavy atom. The fraction of sp³-hybridized carbons (Fsp3) is 0.143. The second kappa shape index (κ2) is 4.11. The van der Waals surface area contributed by atoms with Gasteiger partial charge in [0.05, 0.1) is 6.04 Å². The van der Waals surface area contributed by atoms with Crippen molar-refractivity contribution in [3.05, 3.63) is 59.7 Å². The molecule has 0 aliphatic carbocycles. The monoisotopic (exact) mass is 227 g/mol. The topological polar surface area (TPSA) is 44.5 Å². The third-order valence-corrected chi connectivity index (χ3v) is 2.91. The van der Waals surface area contributed by atoms with Crippen molar-refractivity contribution in [1.82, 2.24) is 0 Å². The lowest BCUT2D eigenvalue weighted by molar-refractivity contribution is 0.174. The van der Waals surface area contributed by atoms with Crippen LogP contribution in [-0.2, 0) is 0 Å². The largest absolute Gasteiger partial charge is 0.454 e. The van der Waals surface area contributed by atoms with E-state index < -0.39 is 0 Å². The van der Waals surface area contributed by atoms with Crippen molar-refractivity contribution in [3.63, 3.8) is 0 Å². The van der Waals surface area contributed by atoms with Crippen molar-refractivity contribution >= 4 is 0 Å². The molecule has 17 heavy (non-hydrogen) atoms. The Morgan fingerprint density at radius 2 is 1.65 bits per heavy atom. The Hall–Kier alpha value is -2.00. The zero-order chi connectivity index (χ0) is 11.7. The number of hydrogen-bond donors (Lipinski definition) is 1. The molecule has 0 spiro atoms. The van der Waals surface area contributed by atoms with Gasteiger partial charge in [0, 0.05) is 0 Å². The van der Waals surface area contributed by atoms with Gasteiger partial charge >= 0.3 is 0 Å². The zero-order valence-electron chi connectivity index (χ0n) is 9.30. The summed E-state index contributed by atoms with van der Waals surface area (Å²) < 4.78 is 10.6. The molecule has 0 saturated carbocycles.